The fourth-order valence-corrected chi connectivity index (χ4v) is 2.85. The van der Waals surface area contributed by atoms with Crippen LogP contribution in [0.5, 0.6) is 11.5 Å². The van der Waals surface area contributed by atoms with E-state index in [0.29, 0.717) is 5.69 Å². The van der Waals surface area contributed by atoms with Gasteiger partial charge in [0, 0.05) is 0 Å². The van der Waals surface area contributed by atoms with E-state index in [2.05, 4.69) is 20.3 Å². The molecule has 0 spiro atoms. The number of rotatable bonds is 5. The molecule has 0 saturated carbocycles. The summed E-state index contributed by atoms with van der Waals surface area (Å²) in [5, 5.41) is 10.6. The zero-order valence-corrected chi connectivity index (χ0v) is 13.5. The lowest BCUT2D eigenvalue weighted by atomic mass is 10.3. The van der Waals surface area contributed by atoms with Crippen LogP contribution in [0.1, 0.15) is 0 Å². The SMILES string of the molecule is O=S(=O)(Oc1ccc(-n2cnnn2)cc1)c1ccc(OC(F)(F)F)cc1. The van der Waals surface area contributed by atoms with E-state index in [4.69, 9.17) is 4.18 Å². The minimum atomic E-state index is -4.86. The number of alkyl halides is 3. The number of hydrogen-bond donors (Lipinski definition) is 0. The molecule has 0 saturated heterocycles. The van der Waals surface area contributed by atoms with E-state index >= 15 is 0 Å². The Hall–Kier alpha value is -3.15. The zero-order valence-electron chi connectivity index (χ0n) is 12.7. The lowest BCUT2D eigenvalue weighted by molar-refractivity contribution is -0.274. The van der Waals surface area contributed by atoms with Gasteiger partial charge in [-0.1, -0.05) is 0 Å². The Balaban J connectivity index is 1.74. The molecular weight excluding hydrogens is 377 g/mol. The lowest BCUT2D eigenvalue weighted by Gasteiger charge is -2.10. The Morgan fingerprint density at radius 3 is 2.08 bits per heavy atom. The number of ether oxygens (including phenoxy) is 1. The van der Waals surface area contributed by atoms with Crippen molar-refractivity contribution in [2.45, 2.75) is 11.3 Å². The highest BCUT2D eigenvalue weighted by Crippen LogP contribution is 2.25. The molecule has 0 aliphatic rings. The molecule has 0 fully saturated rings. The van der Waals surface area contributed by atoms with E-state index in [1.165, 1.54) is 35.3 Å². The molecule has 0 aliphatic carbocycles. The summed E-state index contributed by atoms with van der Waals surface area (Å²) in [6, 6.07) is 9.49. The third-order valence-corrected chi connectivity index (χ3v) is 4.26. The highest BCUT2D eigenvalue weighted by atomic mass is 32.2. The lowest BCUT2D eigenvalue weighted by Crippen LogP contribution is -2.17. The first-order chi connectivity index (χ1) is 12.2. The molecule has 1 heterocycles. The predicted octanol–water partition coefficient (Wildman–Crippen LogP) is 2.33. The molecule has 12 heteroatoms. The molecule has 0 amide bonds. The maximum Gasteiger partial charge on any atom is 0.573 e. The first-order valence-corrected chi connectivity index (χ1v) is 8.27. The van der Waals surface area contributed by atoms with E-state index in [-0.39, 0.29) is 10.6 Å². The predicted molar refractivity (Wildman–Crippen MR) is 80.1 cm³/mol. The van der Waals surface area contributed by atoms with Gasteiger partial charge in [-0.25, -0.2) is 4.68 Å². The van der Waals surface area contributed by atoms with Crippen molar-refractivity contribution in [1.29, 1.82) is 0 Å². The molecule has 0 unspecified atom stereocenters. The van der Waals surface area contributed by atoms with E-state index in [1.54, 1.807) is 0 Å². The van der Waals surface area contributed by atoms with Crippen molar-refractivity contribution < 1.29 is 30.5 Å². The van der Waals surface area contributed by atoms with Gasteiger partial charge in [-0.15, -0.1) is 18.3 Å². The smallest absolute Gasteiger partial charge is 0.406 e. The van der Waals surface area contributed by atoms with Crippen LogP contribution < -0.4 is 8.92 Å². The van der Waals surface area contributed by atoms with Crippen LogP contribution >= 0.6 is 0 Å². The van der Waals surface area contributed by atoms with Gasteiger partial charge in [0.2, 0.25) is 0 Å². The van der Waals surface area contributed by atoms with Gasteiger partial charge in [0.1, 0.15) is 22.7 Å². The van der Waals surface area contributed by atoms with Gasteiger partial charge in [0.25, 0.3) is 0 Å². The summed E-state index contributed by atoms with van der Waals surface area (Å²) in [6.45, 7) is 0. The van der Waals surface area contributed by atoms with Crippen LogP contribution in [0.2, 0.25) is 0 Å². The van der Waals surface area contributed by atoms with Gasteiger partial charge >= 0.3 is 16.5 Å². The maximum absolute atomic E-state index is 12.2. The minimum Gasteiger partial charge on any atom is -0.406 e. The second kappa shape index (κ2) is 6.63. The second-order valence-electron chi connectivity index (χ2n) is 4.80. The quantitative estimate of drug-likeness (QED) is 0.621. The number of halogens is 3. The molecule has 2 aromatic carbocycles. The topological polar surface area (TPSA) is 96.2 Å². The zero-order chi connectivity index (χ0) is 18.8. The van der Waals surface area contributed by atoms with E-state index in [0.717, 1.165) is 24.3 Å². The van der Waals surface area contributed by atoms with E-state index in [9.17, 15) is 21.6 Å². The minimum absolute atomic E-state index is 0.0115. The third kappa shape index (κ3) is 4.27. The number of hydrogen-bond acceptors (Lipinski definition) is 7. The van der Waals surface area contributed by atoms with Gasteiger partial charge < -0.3 is 8.92 Å². The van der Waals surface area contributed by atoms with E-state index < -0.39 is 22.2 Å². The summed E-state index contributed by atoms with van der Waals surface area (Å²) in [5.74, 6) is -0.528. The Bertz CT molecular complexity index is 973. The standard InChI is InChI=1S/C14H9F3N4O4S/c15-14(16,17)24-11-5-7-13(8-6-11)26(22,23)25-12-3-1-10(2-4-12)21-9-18-19-20-21/h1-9H. The largest absolute Gasteiger partial charge is 0.573 e. The second-order valence-corrected chi connectivity index (χ2v) is 6.35. The van der Waals surface area contributed by atoms with Crippen LogP contribution in [-0.4, -0.2) is 35.0 Å². The fraction of sp³-hybridized carbons (Fsp3) is 0.0714. The molecule has 0 bridgehead atoms. The van der Waals surface area contributed by atoms with Gasteiger partial charge in [-0.2, -0.15) is 8.42 Å². The number of nitrogens with zero attached hydrogens (tertiary/aromatic N) is 4. The highest BCUT2D eigenvalue weighted by Gasteiger charge is 2.31. The number of aromatic nitrogens is 4. The van der Waals surface area contributed by atoms with Crippen LogP contribution in [0, 0.1) is 0 Å². The van der Waals surface area contributed by atoms with Crippen molar-refractivity contribution in [2.75, 3.05) is 0 Å². The van der Waals surface area contributed by atoms with Crippen molar-refractivity contribution in [2.24, 2.45) is 0 Å². The molecule has 136 valence electrons. The van der Waals surface area contributed by atoms with Crippen LogP contribution in [-0.2, 0) is 10.1 Å². The summed E-state index contributed by atoms with van der Waals surface area (Å²) in [7, 11) is -4.22. The van der Waals surface area contributed by atoms with Crippen LogP contribution in [0.15, 0.2) is 59.8 Å². The summed E-state index contributed by atoms with van der Waals surface area (Å²) in [5.41, 5.74) is 0.577. The maximum atomic E-state index is 12.2. The van der Waals surface area contributed by atoms with Gasteiger partial charge in [-0.3, -0.25) is 0 Å². The van der Waals surface area contributed by atoms with Crippen molar-refractivity contribution in [1.82, 2.24) is 20.2 Å². The fourth-order valence-electron chi connectivity index (χ4n) is 1.92. The Morgan fingerprint density at radius 2 is 1.54 bits per heavy atom. The third-order valence-electron chi connectivity index (χ3n) is 3.00. The molecule has 0 atom stereocenters. The molecule has 26 heavy (non-hydrogen) atoms. The molecule has 0 aliphatic heterocycles. The number of tetrazole rings is 1. The molecule has 3 rings (SSSR count). The summed E-state index contributed by atoms with van der Waals surface area (Å²) in [6.07, 6.45) is -3.50. The van der Waals surface area contributed by atoms with Gasteiger partial charge in [0.15, 0.2) is 0 Å². The van der Waals surface area contributed by atoms with Crippen molar-refractivity contribution in [3.05, 3.63) is 54.9 Å². The average molecular weight is 386 g/mol. The molecule has 0 radical (unpaired) electrons. The number of benzene rings is 2. The Kier molecular flexibility index (Phi) is 4.50. The Labute approximate surface area is 144 Å². The summed E-state index contributed by atoms with van der Waals surface area (Å²) >= 11 is 0. The Morgan fingerprint density at radius 1 is 0.923 bits per heavy atom. The van der Waals surface area contributed by atoms with Gasteiger partial charge in [0.05, 0.1) is 5.69 Å². The average Bonchev–Trinajstić information content (AvgIpc) is 3.09. The van der Waals surface area contributed by atoms with Crippen molar-refractivity contribution >= 4 is 10.1 Å². The monoisotopic (exact) mass is 386 g/mol. The molecule has 1 aromatic heterocycles. The van der Waals surface area contributed by atoms with Crippen molar-refractivity contribution in [3.8, 4) is 17.2 Å². The molecular formula is C14H9F3N4O4S. The summed E-state index contributed by atoms with van der Waals surface area (Å²) < 4.78 is 70.7. The highest BCUT2D eigenvalue weighted by molar-refractivity contribution is 7.87. The first kappa shape index (κ1) is 17.7. The molecule has 3 aromatic rings. The van der Waals surface area contributed by atoms with E-state index in [1.807, 2.05) is 0 Å². The van der Waals surface area contributed by atoms with Crippen molar-refractivity contribution in [3.63, 3.8) is 0 Å². The first-order valence-electron chi connectivity index (χ1n) is 6.87. The normalized spacial score (nSPS) is 12.0. The van der Waals surface area contributed by atoms with Crippen LogP contribution in [0.25, 0.3) is 5.69 Å². The van der Waals surface area contributed by atoms with Crippen LogP contribution in [0.3, 0.4) is 0 Å². The van der Waals surface area contributed by atoms with Gasteiger partial charge in [-0.05, 0) is 59.0 Å². The summed E-state index contributed by atoms with van der Waals surface area (Å²) in [4.78, 5) is -0.323. The molecule has 8 nitrogen and oxygen atoms in total. The van der Waals surface area contributed by atoms with Crippen LogP contribution in [0.4, 0.5) is 13.2 Å². The molecule has 0 N–H and O–H groups in total.